The van der Waals surface area contributed by atoms with Crippen LogP contribution in [0.3, 0.4) is 0 Å². The average molecular weight is 301 g/mol. The Balaban J connectivity index is 0.00000180. The summed E-state index contributed by atoms with van der Waals surface area (Å²) in [6.07, 6.45) is 3.25. The number of carbonyl (C=O) groups excluding carboxylic acids is 1. The van der Waals surface area contributed by atoms with Gasteiger partial charge in [-0.25, -0.2) is 0 Å². The van der Waals surface area contributed by atoms with Gasteiger partial charge in [0.2, 0.25) is 5.91 Å². The molecule has 0 spiro atoms. The van der Waals surface area contributed by atoms with Gasteiger partial charge >= 0.3 is 0 Å². The van der Waals surface area contributed by atoms with Crippen molar-refractivity contribution in [2.45, 2.75) is 37.1 Å². The molecular weight excluding hydrogens is 280 g/mol. The van der Waals surface area contributed by atoms with Crippen LogP contribution in [0, 0.1) is 0 Å². The minimum Gasteiger partial charge on any atom is -0.324 e. The summed E-state index contributed by atoms with van der Waals surface area (Å²) in [5.41, 5.74) is 0.932. The molecule has 1 heterocycles. The predicted molar refractivity (Wildman–Crippen MR) is 84.4 cm³/mol. The second kappa shape index (κ2) is 8.46. The second-order valence-electron chi connectivity index (χ2n) is 4.42. The van der Waals surface area contributed by atoms with E-state index in [4.69, 9.17) is 0 Å². The topological polar surface area (TPSA) is 41.1 Å². The zero-order valence-corrected chi connectivity index (χ0v) is 12.8. The van der Waals surface area contributed by atoms with E-state index in [9.17, 15) is 4.79 Å². The molecule has 1 aromatic rings. The maximum Gasteiger partial charge on any atom is 0.241 e. The number of halogens is 1. The van der Waals surface area contributed by atoms with Crippen molar-refractivity contribution in [1.29, 1.82) is 0 Å². The Morgan fingerprint density at radius 1 is 1.42 bits per heavy atom. The third-order valence-corrected chi connectivity index (χ3v) is 4.03. The molecule has 1 fully saturated rings. The zero-order valence-electron chi connectivity index (χ0n) is 11.1. The summed E-state index contributed by atoms with van der Waals surface area (Å²) in [7, 11) is 0. The molecule has 5 heteroatoms. The van der Waals surface area contributed by atoms with Crippen molar-refractivity contribution in [3.8, 4) is 0 Å². The molecule has 1 aromatic carbocycles. The number of hydrogen-bond acceptors (Lipinski definition) is 3. The third-order valence-electron chi connectivity index (χ3n) is 3.07. The van der Waals surface area contributed by atoms with Gasteiger partial charge in [-0.05, 0) is 37.3 Å². The van der Waals surface area contributed by atoms with Crippen LogP contribution in [0.4, 0.5) is 5.69 Å². The van der Waals surface area contributed by atoms with Crippen LogP contribution in [-0.4, -0.2) is 24.2 Å². The van der Waals surface area contributed by atoms with Gasteiger partial charge in [-0.3, -0.25) is 4.79 Å². The largest absolute Gasteiger partial charge is 0.324 e. The SMILES string of the molecule is CCSc1ccccc1NC(=O)[C@H]1CCCCN1.Cl. The van der Waals surface area contributed by atoms with Crippen molar-refractivity contribution in [2.75, 3.05) is 17.6 Å². The van der Waals surface area contributed by atoms with Gasteiger partial charge in [0.1, 0.15) is 0 Å². The van der Waals surface area contributed by atoms with Crippen LogP contribution in [0.15, 0.2) is 29.2 Å². The minimum absolute atomic E-state index is 0. The van der Waals surface area contributed by atoms with Crippen molar-refractivity contribution >= 4 is 35.8 Å². The molecule has 3 nitrogen and oxygen atoms in total. The molecule has 1 aliphatic rings. The number of rotatable bonds is 4. The summed E-state index contributed by atoms with van der Waals surface area (Å²) in [6.45, 7) is 3.06. The van der Waals surface area contributed by atoms with E-state index in [1.165, 1.54) is 6.42 Å². The molecule has 106 valence electrons. The summed E-state index contributed by atoms with van der Waals surface area (Å²) in [5.74, 6) is 1.10. The Hall–Kier alpha value is -0.710. The van der Waals surface area contributed by atoms with Gasteiger partial charge < -0.3 is 10.6 Å². The van der Waals surface area contributed by atoms with Crippen LogP contribution >= 0.6 is 24.2 Å². The number of nitrogens with one attached hydrogen (secondary N) is 2. The summed E-state index contributed by atoms with van der Waals surface area (Å²) < 4.78 is 0. The van der Waals surface area contributed by atoms with E-state index >= 15 is 0 Å². The molecule has 0 radical (unpaired) electrons. The maximum atomic E-state index is 12.1. The number of hydrogen-bond donors (Lipinski definition) is 2. The van der Waals surface area contributed by atoms with Crippen molar-refractivity contribution in [3.63, 3.8) is 0 Å². The fraction of sp³-hybridized carbons (Fsp3) is 0.500. The lowest BCUT2D eigenvalue weighted by Crippen LogP contribution is -2.43. The predicted octanol–water partition coefficient (Wildman–Crippen LogP) is 3.30. The molecule has 0 saturated carbocycles. The van der Waals surface area contributed by atoms with Gasteiger partial charge in [0.05, 0.1) is 11.7 Å². The quantitative estimate of drug-likeness (QED) is 0.838. The standard InChI is InChI=1S/C14H20N2OS.ClH/c1-2-18-13-9-4-3-7-11(13)16-14(17)12-8-5-6-10-15-12;/h3-4,7,9,12,15H,2,5-6,8,10H2,1H3,(H,16,17);1H/t12-;/m1./s1. The van der Waals surface area contributed by atoms with E-state index in [0.717, 1.165) is 35.7 Å². The average Bonchev–Trinajstić information content (AvgIpc) is 2.42. The molecule has 1 atom stereocenters. The van der Waals surface area contributed by atoms with E-state index in [1.807, 2.05) is 18.2 Å². The lowest BCUT2D eigenvalue weighted by atomic mass is 10.0. The highest BCUT2D eigenvalue weighted by Gasteiger charge is 2.20. The van der Waals surface area contributed by atoms with Crippen molar-refractivity contribution < 1.29 is 4.79 Å². The lowest BCUT2D eigenvalue weighted by Gasteiger charge is -2.23. The number of thioether (sulfide) groups is 1. The van der Waals surface area contributed by atoms with Gasteiger partial charge in [0, 0.05) is 4.90 Å². The Kier molecular flexibility index (Phi) is 7.28. The van der Waals surface area contributed by atoms with E-state index in [0.29, 0.717) is 0 Å². The van der Waals surface area contributed by atoms with E-state index in [-0.39, 0.29) is 24.4 Å². The molecule has 2 N–H and O–H groups in total. The van der Waals surface area contributed by atoms with Crippen molar-refractivity contribution in [2.24, 2.45) is 0 Å². The fourth-order valence-electron chi connectivity index (χ4n) is 2.15. The molecule has 1 aliphatic heterocycles. The van der Waals surface area contributed by atoms with Crippen molar-refractivity contribution in [3.05, 3.63) is 24.3 Å². The summed E-state index contributed by atoms with van der Waals surface area (Å²) in [6, 6.07) is 7.96. The van der Waals surface area contributed by atoms with Crippen LogP contribution in [0.5, 0.6) is 0 Å². The van der Waals surface area contributed by atoms with E-state index < -0.39 is 0 Å². The number of amides is 1. The van der Waals surface area contributed by atoms with Crippen LogP contribution in [0.1, 0.15) is 26.2 Å². The Bertz CT molecular complexity index is 408. The van der Waals surface area contributed by atoms with Gasteiger partial charge in [-0.2, -0.15) is 0 Å². The minimum atomic E-state index is -0.0292. The summed E-state index contributed by atoms with van der Waals surface area (Å²) in [5, 5.41) is 6.31. The normalized spacial score (nSPS) is 18.5. The Morgan fingerprint density at radius 3 is 2.89 bits per heavy atom. The Morgan fingerprint density at radius 2 is 2.21 bits per heavy atom. The first-order valence-corrected chi connectivity index (χ1v) is 7.56. The van der Waals surface area contributed by atoms with Gasteiger partial charge in [-0.1, -0.05) is 25.5 Å². The number of piperidine rings is 1. The number of benzene rings is 1. The highest BCUT2D eigenvalue weighted by molar-refractivity contribution is 7.99. The molecular formula is C14H21ClN2OS. The van der Waals surface area contributed by atoms with Crippen molar-refractivity contribution in [1.82, 2.24) is 5.32 Å². The molecule has 0 aliphatic carbocycles. The number of anilines is 1. The van der Waals surface area contributed by atoms with Gasteiger partial charge in [0.25, 0.3) is 0 Å². The fourth-order valence-corrected chi connectivity index (χ4v) is 2.91. The van der Waals surface area contributed by atoms with E-state index in [1.54, 1.807) is 11.8 Å². The summed E-state index contributed by atoms with van der Waals surface area (Å²) >= 11 is 1.76. The first-order chi connectivity index (χ1) is 8.81. The number of carbonyl (C=O) groups is 1. The van der Waals surface area contributed by atoms with Gasteiger partial charge in [0.15, 0.2) is 0 Å². The molecule has 0 unspecified atom stereocenters. The number of para-hydroxylation sites is 1. The summed E-state index contributed by atoms with van der Waals surface area (Å²) in [4.78, 5) is 13.3. The smallest absolute Gasteiger partial charge is 0.241 e. The Labute approximate surface area is 125 Å². The van der Waals surface area contributed by atoms with Crippen LogP contribution < -0.4 is 10.6 Å². The monoisotopic (exact) mass is 300 g/mol. The third kappa shape index (κ3) is 4.71. The zero-order chi connectivity index (χ0) is 12.8. The molecule has 19 heavy (non-hydrogen) atoms. The van der Waals surface area contributed by atoms with E-state index in [2.05, 4.69) is 23.6 Å². The lowest BCUT2D eigenvalue weighted by molar-refractivity contribution is -0.118. The van der Waals surface area contributed by atoms with Crippen LogP contribution in [0.2, 0.25) is 0 Å². The molecule has 0 aromatic heterocycles. The molecule has 2 rings (SSSR count). The molecule has 0 bridgehead atoms. The van der Waals surface area contributed by atoms with Crippen LogP contribution in [0.25, 0.3) is 0 Å². The first-order valence-electron chi connectivity index (χ1n) is 6.57. The highest BCUT2D eigenvalue weighted by Crippen LogP contribution is 2.26. The molecule has 1 saturated heterocycles. The highest BCUT2D eigenvalue weighted by atomic mass is 35.5. The molecule has 1 amide bonds. The van der Waals surface area contributed by atoms with Gasteiger partial charge in [-0.15, -0.1) is 24.2 Å². The maximum absolute atomic E-state index is 12.1. The van der Waals surface area contributed by atoms with Crippen LogP contribution in [-0.2, 0) is 4.79 Å². The second-order valence-corrected chi connectivity index (χ2v) is 5.73. The first kappa shape index (κ1) is 16.3.